The van der Waals surface area contributed by atoms with Crippen molar-refractivity contribution in [1.82, 2.24) is 4.98 Å². The van der Waals surface area contributed by atoms with Crippen LogP contribution < -0.4 is 5.73 Å². The Bertz CT molecular complexity index is 450. The molecule has 2 atom stereocenters. The van der Waals surface area contributed by atoms with Gasteiger partial charge in [0, 0.05) is 33.6 Å². The van der Waals surface area contributed by atoms with Gasteiger partial charge in [0.25, 0.3) is 0 Å². The summed E-state index contributed by atoms with van der Waals surface area (Å²) in [5, 5.41) is 0. The van der Waals surface area contributed by atoms with Gasteiger partial charge in [-0.15, -0.1) is 11.3 Å². The Morgan fingerprint density at radius 2 is 2.06 bits per heavy atom. The van der Waals surface area contributed by atoms with E-state index in [1.165, 1.54) is 9.75 Å². The third-order valence-corrected chi connectivity index (χ3v) is 3.88. The molecule has 2 nitrogen and oxygen atoms in total. The monoisotopic (exact) mass is 232 g/mol. The molecule has 2 unspecified atom stereocenters. The molecule has 16 heavy (non-hydrogen) atoms. The molecule has 0 amide bonds. The lowest BCUT2D eigenvalue weighted by Gasteiger charge is -2.17. The first-order chi connectivity index (χ1) is 7.68. The molecule has 0 bridgehead atoms. The molecule has 0 saturated carbocycles. The number of aromatic nitrogens is 1. The van der Waals surface area contributed by atoms with Gasteiger partial charge in [0.05, 0.1) is 0 Å². The quantitative estimate of drug-likeness (QED) is 0.882. The number of pyridine rings is 1. The second kappa shape index (κ2) is 4.76. The predicted octanol–water partition coefficient (Wildman–Crippen LogP) is 3.26. The van der Waals surface area contributed by atoms with Gasteiger partial charge in [0.2, 0.25) is 0 Å². The van der Waals surface area contributed by atoms with E-state index in [0.29, 0.717) is 0 Å². The van der Waals surface area contributed by atoms with Crippen LogP contribution in [0, 0.1) is 6.92 Å². The second-order valence-electron chi connectivity index (χ2n) is 4.02. The highest BCUT2D eigenvalue weighted by atomic mass is 32.1. The summed E-state index contributed by atoms with van der Waals surface area (Å²) in [7, 11) is 0. The van der Waals surface area contributed by atoms with Crippen LogP contribution in [0.4, 0.5) is 0 Å². The zero-order valence-corrected chi connectivity index (χ0v) is 10.4. The van der Waals surface area contributed by atoms with E-state index in [0.717, 1.165) is 5.69 Å². The van der Waals surface area contributed by atoms with Crippen molar-refractivity contribution in [3.8, 4) is 0 Å². The Morgan fingerprint density at radius 1 is 1.25 bits per heavy atom. The molecule has 2 aromatic heterocycles. The van der Waals surface area contributed by atoms with E-state index in [1.807, 2.05) is 24.4 Å². The summed E-state index contributed by atoms with van der Waals surface area (Å²) in [6.07, 6.45) is 1.82. The van der Waals surface area contributed by atoms with Crippen LogP contribution in [-0.2, 0) is 0 Å². The van der Waals surface area contributed by atoms with Gasteiger partial charge in [-0.05, 0) is 31.2 Å². The van der Waals surface area contributed by atoms with Crippen LogP contribution in [0.25, 0.3) is 0 Å². The standard InChI is InChI=1S/C13H16N2S/c1-9-6-7-12(16-9)13(14)10(2)11-5-3-4-8-15-11/h3-8,10,13H,14H2,1-2H3. The Morgan fingerprint density at radius 3 is 2.62 bits per heavy atom. The first-order valence-corrected chi connectivity index (χ1v) is 6.23. The average Bonchev–Trinajstić information content (AvgIpc) is 2.75. The third kappa shape index (κ3) is 2.31. The summed E-state index contributed by atoms with van der Waals surface area (Å²) in [5.41, 5.74) is 7.31. The molecular formula is C13H16N2S. The second-order valence-corrected chi connectivity index (χ2v) is 5.34. The number of aryl methyl sites for hydroxylation is 1. The number of hydrogen-bond acceptors (Lipinski definition) is 3. The smallest absolute Gasteiger partial charge is 0.0471 e. The van der Waals surface area contributed by atoms with Crippen LogP contribution in [0.1, 0.15) is 34.3 Å². The third-order valence-electron chi connectivity index (χ3n) is 2.78. The minimum atomic E-state index is 0.0357. The Balaban J connectivity index is 2.19. The molecule has 0 aliphatic carbocycles. The molecule has 2 aromatic rings. The van der Waals surface area contributed by atoms with E-state index in [9.17, 15) is 0 Å². The molecule has 2 rings (SSSR count). The van der Waals surface area contributed by atoms with Crippen LogP contribution in [-0.4, -0.2) is 4.98 Å². The topological polar surface area (TPSA) is 38.9 Å². The van der Waals surface area contributed by atoms with Gasteiger partial charge in [0.15, 0.2) is 0 Å². The van der Waals surface area contributed by atoms with Gasteiger partial charge >= 0.3 is 0 Å². The largest absolute Gasteiger partial charge is 0.323 e. The van der Waals surface area contributed by atoms with E-state index in [1.54, 1.807) is 11.3 Å². The van der Waals surface area contributed by atoms with Gasteiger partial charge in [0.1, 0.15) is 0 Å². The van der Waals surface area contributed by atoms with Crippen molar-refractivity contribution >= 4 is 11.3 Å². The van der Waals surface area contributed by atoms with E-state index >= 15 is 0 Å². The van der Waals surface area contributed by atoms with E-state index < -0.39 is 0 Å². The first-order valence-electron chi connectivity index (χ1n) is 5.41. The molecule has 0 saturated heterocycles. The zero-order chi connectivity index (χ0) is 11.5. The van der Waals surface area contributed by atoms with Gasteiger partial charge in [-0.3, -0.25) is 4.98 Å². The van der Waals surface area contributed by atoms with Crippen LogP contribution in [0.2, 0.25) is 0 Å². The molecule has 0 aromatic carbocycles. The molecule has 0 aliphatic heterocycles. The van der Waals surface area contributed by atoms with Gasteiger partial charge in [-0.2, -0.15) is 0 Å². The molecule has 84 valence electrons. The maximum atomic E-state index is 6.25. The zero-order valence-electron chi connectivity index (χ0n) is 9.55. The maximum absolute atomic E-state index is 6.25. The fourth-order valence-electron chi connectivity index (χ4n) is 1.71. The normalized spacial score (nSPS) is 14.7. The van der Waals surface area contributed by atoms with Crippen molar-refractivity contribution in [2.24, 2.45) is 5.73 Å². The Kier molecular flexibility index (Phi) is 3.36. The molecule has 2 heterocycles. The lowest BCUT2D eigenvalue weighted by Crippen LogP contribution is -2.17. The fraction of sp³-hybridized carbons (Fsp3) is 0.308. The minimum Gasteiger partial charge on any atom is -0.323 e. The number of nitrogens with two attached hydrogens (primary N) is 1. The first kappa shape index (κ1) is 11.3. The van der Waals surface area contributed by atoms with Crippen molar-refractivity contribution in [2.45, 2.75) is 25.8 Å². The highest BCUT2D eigenvalue weighted by Crippen LogP contribution is 2.31. The summed E-state index contributed by atoms with van der Waals surface area (Å²) >= 11 is 1.77. The van der Waals surface area contributed by atoms with Crippen LogP contribution >= 0.6 is 11.3 Å². The Hall–Kier alpha value is -1.19. The summed E-state index contributed by atoms with van der Waals surface area (Å²) in [6.45, 7) is 4.23. The van der Waals surface area contributed by atoms with Crippen LogP contribution in [0.15, 0.2) is 36.5 Å². The SMILES string of the molecule is Cc1ccc(C(N)C(C)c2ccccn2)s1. The minimum absolute atomic E-state index is 0.0357. The molecule has 0 spiro atoms. The molecule has 0 radical (unpaired) electrons. The summed E-state index contributed by atoms with van der Waals surface area (Å²) in [6, 6.07) is 10.2. The fourth-order valence-corrected chi connectivity index (χ4v) is 2.69. The van der Waals surface area contributed by atoms with E-state index in [4.69, 9.17) is 5.73 Å². The van der Waals surface area contributed by atoms with Crippen LogP contribution in [0.3, 0.4) is 0 Å². The lowest BCUT2D eigenvalue weighted by molar-refractivity contribution is 0.592. The van der Waals surface area contributed by atoms with Crippen molar-refractivity contribution in [2.75, 3.05) is 0 Å². The highest BCUT2D eigenvalue weighted by molar-refractivity contribution is 7.12. The summed E-state index contributed by atoms with van der Waals surface area (Å²) in [5.74, 6) is 0.249. The average molecular weight is 232 g/mol. The van der Waals surface area contributed by atoms with Crippen LogP contribution in [0.5, 0.6) is 0 Å². The van der Waals surface area contributed by atoms with Crippen molar-refractivity contribution < 1.29 is 0 Å². The van der Waals surface area contributed by atoms with Crippen molar-refractivity contribution in [3.05, 3.63) is 52.0 Å². The summed E-state index contributed by atoms with van der Waals surface area (Å²) < 4.78 is 0. The van der Waals surface area contributed by atoms with Gasteiger partial charge in [-0.25, -0.2) is 0 Å². The number of thiophene rings is 1. The number of rotatable bonds is 3. The molecule has 0 aliphatic rings. The van der Waals surface area contributed by atoms with E-state index in [-0.39, 0.29) is 12.0 Å². The van der Waals surface area contributed by atoms with Crippen molar-refractivity contribution in [3.63, 3.8) is 0 Å². The number of nitrogens with zero attached hydrogens (tertiary/aromatic N) is 1. The number of hydrogen-bond donors (Lipinski definition) is 1. The maximum Gasteiger partial charge on any atom is 0.0471 e. The summed E-state index contributed by atoms with van der Waals surface area (Å²) in [4.78, 5) is 6.89. The highest BCUT2D eigenvalue weighted by Gasteiger charge is 2.18. The van der Waals surface area contributed by atoms with E-state index in [2.05, 4.69) is 31.0 Å². The van der Waals surface area contributed by atoms with Gasteiger partial charge < -0.3 is 5.73 Å². The Labute approximate surface area is 100 Å². The molecule has 0 fully saturated rings. The molecular weight excluding hydrogens is 216 g/mol. The predicted molar refractivity (Wildman–Crippen MR) is 68.6 cm³/mol. The van der Waals surface area contributed by atoms with Gasteiger partial charge in [-0.1, -0.05) is 13.0 Å². The molecule has 2 N–H and O–H groups in total. The lowest BCUT2D eigenvalue weighted by atomic mass is 9.97. The molecule has 3 heteroatoms. The van der Waals surface area contributed by atoms with Crippen molar-refractivity contribution in [1.29, 1.82) is 0 Å².